The molecule has 1 saturated heterocycles. The Morgan fingerprint density at radius 2 is 2.25 bits per heavy atom. The molecule has 3 N–H and O–H groups in total. The summed E-state index contributed by atoms with van der Waals surface area (Å²) in [5.74, 6) is 1.87. The number of likely N-dealkylation sites (tertiary alicyclic amines) is 1. The number of alkyl halides is 1. The maximum Gasteiger partial charge on any atom is 0.146 e. The summed E-state index contributed by atoms with van der Waals surface area (Å²) >= 11 is 1.72. The van der Waals surface area contributed by atoms with Gasteiger partial charge in [0.15, 0.2) is 0 Å². The van der Waals surface area contributed by atoms with E-state index in [9.17, 15) is 9.50 Å². The highest BCUT2D eigenvalue weighted by Gasteiger charge is 2.32. The van der Waals surface area contributed by atoms with E-state index in [0.717, 1.165) is 23.1 Å². The molecule has 5 nitrogen and oxygen atoms in total. The third-order valence-corrected chi connectivity index (χ3v) is 6.41. The van der Waals surface area contributed by atoms with E-state index < -0.39 is 6.17 Å². The molecule has 3 atom stereocenters. The normalized spacial score (nSPS) is 27.7. The first-order valence-electron chi connectivity index (χ1n) is 8.60. The number of nitrogens with two attached hydrogens (primary N) is 1. The van der Waals surface area contributed by atoms with Crippen LogP contribution in [0.15, 0.2) is 0 Å². The maximum atomic E-state index is 13.6. The SMILES string of the molecule is CC1CCc2c(sc3nc(CN4CC(F)CC4CO)nc(N)c23)C1. The van der Waals surface area contributed by atoms with E-state index in [4.69, 9.17) is 10.7 Å². The van der Waals surface area contributed by atoms with E-state index in [2.05, 4.69) is 11.9 Å². The molecule has 2 aromatic heterocycles. The van der Waals surface area contributed by atoms with Crippen LogP contribution in [0, 0.1) is 5.92 Å². The molecule has 4 rings (SSSR count). The number of fused-ring (bicyclic) bond motifs is 3. The van der Waals surface area contributed by atoms with Gasteiger partial charge in [-0.1, -0.05) is 6.92 Å². The monoisotopic (exact) mass is 350 g/mol. The lowest BCUT2D eigenvalue weighted by molar-refractivity contribution is 0.150. The van der Waals surface area contributed by atoms with Gasteiger partial charge in [0.25, 0.3) is 0 Å². The molecular formula is C17H23FN4OS. The lowest BCUT2D eigenvalue weighted by Gasteiger charge is -2.21. The van der Waals surface area contributed by atoms with Gasteiger partial charge in [0, 0.05) is 17.5 Å². The van der Waals surface area contributed by atoms with Crippen molar-refractivity contribution in [2.24, 2.45) is 5.92 Å². The van der Waals surface area contributed by atoms with Crippen molar-refractivity contribution < 1.29 is 9.50 Å². The first-order valence-corrected chi connectivity index (χ1v) is 9.42. The molecule has 1 aliphatic carbocycles. The third kappa shape index (κ3) is 2.78. The van der Waals surface area contributed by atoms with E-state index in [1.165, 1.54) is 16.9 Å². The van der Waals surface area contributed by atoms with Crippen LogP contribution in [0.3, 0.4) is 0 Å². The molecule has 1 fully saturated rings. The number of aliphatic hydroxyl groups is 1. The first-order chi connectivity index (χ1) is 11.5. The predicted molar refractivity (Wildman–Crippen MR) is 93.8 cm³/mol. The van der Waals surface area contributed by atoms with E-state index in [1.54, 1.807) is 11.3 Å². The minimum absolute atomic E-state index is 0.0384. The van der Waals surface area contributed by atoms with Gasteiger partial charge in [0.1, 0.15) is 22.6 Å². The van der Waals surface area contributed by atoms with Crippen LogP contribution in [0.5, 0.6) is 0 Å². The van der Waals surface area contributed by atoms with Crippen LogP contribution in [-0.2, 0) is 19.4 Å². The standard InChI is InChI=1S/C17H23FN4OS/c1-9-2-3-12-13(4-9)24-17-15(12)16(19)20-14(21-17)7-22-6-10(18)5-11(22)8-23/h9-11,23H,2-8H2,1H3,(H2,19,20,21). The van der Waals surface area contributed by atoms with Gasteiger partial charge in [0.05, 0.1) is 18.5 Å². The number of aromatic nitrogens is 2. The fourth-order valence-corrected chi connectivity index (χ4v) is 5.38. The molecule has 0 radical (unpaired) electrons. The molecule has 3 unspecified atom stereocenters. The van der Waals surface area contributed by atoms with E-state index in [-0.39, 0.29) is 12.6 Å². The molecular weight excluding hydrogens is 327 g/mol. The van der Waals surface area contributed by atoms with E-state index in [1.807, 2.05) is 4.90 Å². The van der Waals surface area contributed by atoms with Crippen molar-refractivity contribution in [2.75, 3.05) is 18.9 Å². The highest BCUT2D eigenvalue weighted by molar-refractivity contribution is 7.19. The van der Waals surface area contributed by atoms with Gasteiger partial charge in [-0.05, 0) is 37.2 Å². The van der Waals surface area contributed by atoms with Gasteiger partial charge in [-0.15, -0.1) is 11.3 Å². The number of hydrogen-bond donors (Lipinski definition) is 2. The fourth-order valence-electron chi connectivity index (χ4n) is 3.97. The van der Waals surface area contributed by atoms with Crippen LogP contribution in [-0.4, -0.2) is 45.3 Å². The van der Waals surface area contributed by atoms with Crippen LogP contribution in [0.1, 0.15) is 36.0 Å². The Hall–Kier alpha value is -1.31. The lowest BCUT2D eigenvalue weighted by Crippen LogP contribution is -2.32. The number of halogens is 1. The van der Waals surface area contributed by atoms with Crippen molar-refractivity contribution in [3.8, 4) is 0 Å². The average molecular weight is 350 g/mol. The Labute approximate surface area is 144 Å². The van der Waals surface area contributed by atoms with Crippen LogP contribution in [0.2, 0.25) is 0 Å². The number of rotatable bonds is 3. The maximum absolute atomic E-state index is 13.6. The van der Waals surface area contributed by atoms with E-state index >= 15 is 0 Å². The van der Waals surface area contributed by atoms with Gasteiger partial charge in [-0.2, -0.15) is 0 Å². The Morgan fingerprint density at radius 1 is 1.42 bits per heavy atom. The van der Waals surface area contributed by atoms with Gasteiger partial charge in [-0.25, -0.2) is 14.4 Å². The predicted octanol–water partition coefficient (Wildman–Crippen LogP) is 2.30. The molecule has 7 heteroatoms. The summed E-state index contributed by atoms with van der Waals surface area (Å²) in [5, 5.41) is 10.4. The number of nitrogen functional groups attached to an aromatic ring is 1. The molecule has 0 amide bonds. The number of nitrogens with zero attached hydrogens (tertiary/aromatic N) is 3. The molecule has 1 aliphatic heterocycles. The molecule has 0 aromatic carbocycles. The van der Waals surface area contributed by atoms with Crippen molar-refractivity contribution in [3.63, 3.8) is 0 Å². The molecule has 2 aromatic rings. The topological polar surface area (TPSA) is 75.3 Å². The first kappa shape index (κ1) is 16.2. The van der Waals surface area contributed by atoms with Gasteiger partial charge >= 0.3 is 0 Å². The highest BCUT2D eigenvalue weighted by Crippen LogP contribution is 2.39. The summed E-state index contributed by atoms with van der Waals surface area (Å²) in [4.78, 5) is 13.4. The van der Waals surface area contributed by atoms with E-state index in [0.29, 0.717) is 37.1 Å². The third-order valence-electron chi connectivity index (χ3n) is 5.26. The number of aryl methyl sites for hydroxylation is 1. The largest absolute Gasteiger partial charge is 0.395 e. The van der Waals surface area contributed by atoms with Crippen LogP contribution >= 0.6 is 11.3 Å². The Balaban J connectivity index is 1.66. The van der Waals surface area contributed by atoms with Gasteiger partial charge in [-0.3, -0.25) is 4.90 Å². The Morgan fingerprint density at radius 3 is 3.04 bits per heavy atom. The average Bonchev–Trinajstić information content (AvgIpc) is 3.06. The minimum Gasteiger partial charge on any atom is -0.395 e. The van der Waals surface area contributed by atoms with Crippen molar-refractivity contribution in [3.05, 3.63) is 16.3 Å². The molecule has 2 aliphatic rings. The number of anilines is 1. The molecule has 130 valence electrons. The van der Waals surface area contributed by atoms with Crippen LogP contribution < -0.4 is 5.73 Å². The number of hydrogen-bond acceptors (Lipinski definition) is 6. The van der Waals surface area contributed by atoms with Crippen LogP contribution in [0.4, 0.5) is 10.2 Å². The Kier molecular flexibility index (Phi) is 4.18. The minimum atomic E-state index is -0.890. The van der Waals surface area contributed by atoms with Gasteiger partial charge in [0.2, 0.25) is 0 Å². The summed E-state index contributed by atoms with van der Waals surface area (Å²) in [6.45, 7) is 3.00. The number of aliphatic hydroxyl groups excluding tert-OH is 1. The second-order valence-corrected chi connectivity index (χ2v) is 8.24. The zero-order valence-electron chi connectivity index (χ0n) is 13.8. The number of thiophene rings is 1. The van der Waals surface area contributed by atoms with Crippen molar-refractivity contribution >= 4 is 27.4 Å². The summed E-state index contributed by atoms with van der Waals surface area (Å²) in [6, 6.07) is -0.155. The summed E-state index contributed by atoms with van der Waals surface area (Å²) in [5.41, 5.74) is 7.57. The summed E-state index contributed by atoms with van der Waals surface area (Å²) in [7, 11) is 0. The molecule has 0 bridgehead atoms. The smallest absolute Gasteiger partial charge is 0.146 e. The molecule has 0 saturated carbocycles. The quantitative estimate of drug-likeness (QED) is 0.888. The van der Waals surface area contributed by atoms with Crippen molar-refractivity contribution in [2.45, 2.75) is 51.4 Å². The molecule has 3 heterocycles. The lowest BCUT2D eigenvalue weighted by atomic mass is 9.89. The van der Waals surface area contributed by atoms with Crippen molar-refractivity contribution in [1.82, 2.24) is 14.9 Å². The van der Waals surface area contributed by atoms with Gasteiger partial charge < -0.3 is 10.8 Å². The van der Waals surface area contributed by atoms with Crippen molar-refractivity contribution in [1.29, 1.82) is 0 Å². The summed E-state index contributed by atoms with van der Waals surface area (Å²) < 4.78 is 13.6. The highest BCUT2D eigenvalue weighted by atomic mass is 32.1. The zero-order chi connectivity index (χ0) is 16.8. The fraction of sp³-hybridized carbons (Fsp3) is 0.647. The summed E-state index contributed by atoms with van der Waals surface area (Å²) in [6.07, 6.45) is 2.81. The second kappa shape index (κ2) is 6.20. The molecule has 0 spiro atoms. The second-order valence-electron chi connectivity index (χ2n) is 7.16. The molecule has 24 heavy (non-hydrogen) atoms. The van der Waals surface area contributed by atoms with Crippen LogP contribution in [0.25, 0.3) is 10.2 Å². The Bertz CT molecular complexity index is 765. The zero-order valence-corrected chi connectivity index (χ0v) is 14.7.